The van der Waals surface area contributed by atoms with Crippen molar-refractivity contribution in [3.8, 4) is 0 Å². The smallest absolute Gasteiger partial charge is 0.307 e. The number of carboxylic acid groups (broad SMARTS) is 1. The van der Waals surface area contributed by atoms with Crippen molar-refractivity contribution in [2.24, 2.45) is 17.3 Å². The van der Waals surface area contributed by atoms with E-state index in [-0.39, 0.29) is 11.7 Å². The molecule has 2 N–H and O–H groups in total. The highest BCUT2D eigenvalue weighted by Gasteiger charge is 2.65. The molecule has 108 valence electrons. The summed E-state index contributed by atoms with van der Waals surface area (Å²) in [6.45, 7) is 5.19. The molecule has 4 nitrogen and oxygen atoms in total. The Bertz CT molecular complexity index is 556. The van der Waals surface area contributed by atoms with E-state index >= 15 is 0 Å². The highest BCUT2D eigenvalue weighted by Crippen LogP contribution is 2.58. The second-order valence-corrected chi connectivity index (χ2v) is 5.87. The van der Waals surface area contributed by atoms with Crippen LogP contribution in [0.3, 0.4) is 0 Å². The molecule has 5 heteroatoms. The van der Waals surface area contributed by atoms with Crippen LogP contribution in [0.25, 0.3) is 0 Å². The number of aliphatic carboxylic acids is 1. The summed E-state index contributed by atoms with van der Waals surface area (Å²) in [7, 11) is 0. The SMILES string of the molecule is CC(NC(=O)C1C(C(=O)O)C1(C)C)c1ccccc1F. The maximum atomic E-state index is 13.6. The second-order valence-electron chi connectivity index (χ2n) is 5.87. The lowest BCUT2D eigenvalue weighted by molar-refractivity contribution is -0.140. The van der Waals surface area contributed by atoms with Gasteiger partial charge in [-0.3, -0.25) is 9.59 Å². The molecular weight excluding hydrogens is 261 g/mol. The van der Waals surface area contributed by atoms with Crippen LogP contribution in [0.15, 0.2) is 24.3 Å². The van der Waals surface area contributed by atoms with E-state index in [4.69, 9.17) is 5.11 Å². The van der Waals surface area contributed by atoms with Crippen LogP contribution in [0.5, 0.6) is 0 Å². The van der Waals surface area contributed by atoms with Crippen LogP contribution >= 0.6 is 0 Å². The van der Waals surface area contributed by atoms with Gasteiger partial charge in [0.2, 0.25) is 5.91 Å². The normalized spacial score (nSPS) is 24.8. The summed E-state index contributed by atoms with van der Waals surface area (Å²) in [5.41, 5.74) is -0.156. The molecule has 0 radical (unpaired) electrons. The van der Waals surface area contributed by atoms with E-state index in [1.54, 1.807) is 39.0 Å². The number of rotatable bonds is 4. The molecule has 1 aromatic rings. The minimum absolute atomic E-state index is 0.335. The minimum atomic E-state index is -0.964. The van der Waals surface area contributed by atoms with Crippen molar-refractivity contribution < 1.29 is 19.1 Å². The van der Waals surface area contributed by atoms with Crippen LogP contribution in [0.2, 0.25) is 0 Å². The van der Waals surface area contributed by atoms with Crippen LogP contribution in [0.1, 0.15) is 32.4 Å². The molecule has 1 saturated carbocycles. The summed E-state index contributed by atoms with van der Waals surface area (Å²) in [6.07, 6.45) is 0. The summed E-state index contributed by atoms with van der Waals surface area (Å²) in [5, 5.41) is 11.8. The van der Waals surface area contributed by atoms with Gasteiger partial charge in [0.1, 0.15) is 5.82 Å². The molecule has 0 bridgehead atoms. The second kappa shape index (κ2) is 4.89. The van der Waals surface area contributed by atoms with Crippen molar-refractivity contribution in [3.05, 3.63) is 35.6 Å². The van der Waals surface area contributed by atoms with Crippen LogP contribution in [-0.2, 0) is 9.59 Å². The fraction of sp³-hybridized carbons (Fsp3) is 0.467. The first-order valence-corrected chi connectivity index (χ1v) is 6.54. The molecular formula is C15H18FNO3. The number of hydrogen-bond acceptors (Lipinski definition) is 2. The molecule has 3 unspecified atom stereocenters. The number of amides is 1. The van der Waals surface area contributed by atoms with Crippen molar-refractivity contribution in [2.75, 3.05) is 0 Å². The van der Waals surface area contributed by atoms with E-state index in [0.29, 0.717) is 5.56 Å². The fourth-order valence-electron chi connectivity index (χ4n) is 2.80. The first-order valence-electron chi connectivity index (χ1n) is 6.54. The Morgan fingerprint density at radius 1 is 1.30 bits per heavy atom. The molecule has 2 rings (SSSR count). The Hall–Kier alpha value is -1.91. The lowest BCUT2D eigenvalue weighted by atomic mass is 10.1. The van der Waals surface area contributed by atoms with Gasteiger partial charge in [0.15, 0.2) is 0 Å². The summed E-state index contributed by atoms with van der Waals surface area (Å²) in [4.78, 5) is 23.2. The van der Waals surface area contributed by atoms with E-state index in [1.807, 2.05) is 0 Å². The van der Waals surface area contributed by atoms with Gasteiger partial charge in [0, 0.05) is 5.56 Å². The number of hydrogen-bond donors (Lipinski definition) is 2. The van der Waals surface area contributed by atoms with Crippen molar-refractivity contribution in [1.82, 2.24) is 5.32 Å². The zero-order valence-electron chi connectivity index (χ0n) is 11.7. The van der Waals surface area contributed by atoms with Crippen LogP contribution < -0.4 is 5.32 Å². The Morgan fingerprint density at radius 2 is 1.90 bits per heavy atom. The molecule has 3 atom stereocenters. The molecule has 1 aliphatic carbocycles. The molecule has 1 amide bonds. The molecule has 1 aliphatic rings. The average molecular weight is 279 g/mol. The van der Waals surface area contributed by atoms with Gasteiger partial charge >= 0.3 is 5.97 Å². The van der Waals surface area contributed by atoms with Gasteiger partial charge in [-0.1, -0.05) is 32.0 Å². The third-order valence-corrected chi connectivity index (χ3v) is 4.11. The molecule has 0 saturated heterocycles. The number of benzene rings is 1. The Labute approximate surface area is 117 Å². The van der Waals surface area contributed by atoms with Crippen LogP contribution in [0.4, 0.5) is 4.39 Å². The van der Waals surface area contributed by atoms with Gasteiger partial charge in [-0.25, -0.2) is 4.39 Å². The molecule has 1 fully saturated rings. The average Bonchev–Trinajstić information content (AvgIpc) is 2.93. The largest absolute Gasteiger partial charge is 0.481 e. The van der Waals surface area contributed by atoms with E-state index in [0.717, 1.165) is 0 Å². The molecule has 0 heterocycles. The number of carboxylic acids is 1. The third kappa shape index (κ3) is 2.40. The van der Waals surface area contributed by atoms with Crippen LogP contribution in [-0.4, -0.2) is 17.0 Å². The number of carbonyl (C=O) groups is 2. The highest BCUT2D eigenvalue weighted by atomic mass is 19.1. The fourth-order valence-corrected chi connectivity index (χ4v) is 2.80. The molecule has 0 aliphatic heterocycles. The lowest BCUT2D eigenvalue weighted by Gasteiger charge is -2.15. The summed E-state index contributed by atoms with van der Waals surface area (Å²) in [5.74, 6) is -2.92. The van der Waals surface area contributed by atoms with E-state index in [1.165, 1.54) is 6.07 Å². The topological polar surface area (TPSA) is 66.4 Å². The zero-order chi connectivity index (χ0) is 15.1. The Kier molecular flexibility index (Phi) is 3.54. The van der Waals surface area contributed by atoms with Crippen molar-refractivity contribution in [1.29, 1.82) is 0 Å². The third-order valence-electron chi connectivity index (χ3n) is 4.11. The standard InChI is InChI=1S/C15H18FNO3/c1-8(9-6-4-5-7-10(9)16)17-13(18)11-12(14(19)20)15(11,2)3/h4-8,11-12H,1-3H3,(H,17,18)(H,19,20). The quantitative estimate of drug-likeness (QED) is 0.889. The van der Waals surface area contributed by atoms with E-state index in [2.05, 4.69) is 5.32 Å². The molecule has 20 heavy (non-hydrogen) atoms. The summed E-state index contributed by atoms with van der Waals surface area (Å²) < 4.78 is 13.6. The number of halogens is 1. The molecule has 1 aromatic carbocycles. The van der Waals surface area contributed by atoms with Crippen molar-refractivity contribution in [3.63, 3.8) is 0 Å². The maximum absolute atomic E-state index is 13.6. The Balaban J connectivity index is 2.07. The predicted octanol–water partition coefficient (Wildman–Crippen LogP) is 2.36. The van der Waals surface area contributed by atoms with Gasteiger partial charge in [-0.05, 0) is 18.4 Å². The van der Waals surface area contributed by atoms with E-state index < -0.39 is 29.3 Å². The predicted molar refractivity (Wildman–Crippen MR) is 71.4 cm³/mol. The van der Waals surface area contributed by atoms with E-state index in [9.17, 15) is 14.0 Å². The summed E-state index contributed by atoms with van der Waals surface area (Å²) >= 11 is 0. The highest BCUT2D eigenvalue weighted by molar-refractivity contribution is 5.91. The van der Waals surface area contributed by atoms with Crippen molar-refractivity contribution >= 4 is 11.9 Å². The molecule has 0 aromatic heterocycles. The number of nitrogens with one attached hydrogen (secondary N) is 1. The maximum Gasteiger partial charge on any atom is 0.307 e. The van der Waals surface area contributed by atoms with Gasteiger partial charge in [0.25, 0.3) is 0 Å². The van der Waals surface area contributed by atoms with Gasteiger partial charge < -0.3 is 10.4 Å². The van der Waals surface area contributed by atoms with Gasteiger partial charge in [0.05, 0.1) is 17.9 Å². The zero-order valence-corrected chi connectivity index (χ0v) is 11.7. The van der Waals surface area contributed by atoms with Gasteiger partial charge in [-0.2, -0.15) is 0 Å². The van der Waals surface area contributed by atoms with Gasteiger partial charge in [-0.15, -0.1) is 0 Å². The summed E-state index contributed by atoms with van der Waals surface area (Å²) in [6, 6.07) is 5.72. The van der Waals surface area contributed by atoms with Crippen LogP contribution in [0, 0.1) is 23.1 Å². The first-order chi connectivity index (χ1) is 9.26. The monoisotopic (exact) mass is 279 g/mol. The minimum Gasteiger partial charge on any atom is -0.481 e. The first kappa shape index (κ1) is 14.5. The molecule has 0 spiro atoms. The van der Waals surface area contributed by atoms with Crippen molar-refractivity contribution in [2.45, 2.75) is 26.8 Å². The Morgan fingerprint density at radius 3 is 2.40 bits per heavy atom. The number of carbonyl (C=O) groups excluding carboxylic acids is 1. The lowest BCUT2D eigenvalue weighted by Crippen LogP contribution is -2.30.